The van der Waals surface area contributed by atoms with E-state index in [0.717, 1.165) is 11.6 Å². The summed E-state index contributed by atoms with van der Waals surface area (Å²) in [4.78, 5) is 0. The van der Waals surface area contributed by atoms with E-state index in [9.17, 15) is 13.2 Å². The van der Waals surface area contributed by atoms with E-state index in [1.165, 1.54) is 18.2 Å². The van der Waals surface area contributed by atoms with Gasteiger partial charge in [0.25, 0.3) is 0 Å². The van der Waals surface area contributed by atoms with Crippen molar-refractivity contribution in [1.82, 2.24) is 0 Å². The molecule has 22 heavy (non-hydrogen) atoms. The van der Waals surface area contributed by atoms with E-state index in [1.807, 2.05) is 13.0 Å². The minimum Gasteiger partial charge on any atom is -0.206 e. The zero-order chi connectivity index (χ0) is 15.7. The Morgan fingerprint density at radius 1 is 0.636 bits per heavy atom. The first kappa shape index (κ1) is 14.4. The van der Waals surface area contributed by atoms with Gasteiger partial charge in [-0.1, -0.05) is 48.5 Å². The Morgan fingerprint density at radius 2 is 1.27 bits per heavy atom. The summed E-state index contributed by atoms with van der Waals surface area (Å²) in [5, 5.41) is 0. The Hall–Kier alpha value is -2.55. The molecule has 0 aliphatic carbocycles. The summed E-state index contributed by atoms with van der Waals surface area (Å²) in [6.07, 6.45) is 0. The number of rotatable bonds is 2. The van der Waals surface area contributed by atoms with Gasteiger partial charge in [0.2, 0.25) is 0 Å². The van der Waals surface area contributed by atoms with Crippen LogP contribution in [0.3, 0.4) is 0 Å². The molecule has 0 heterocycles. The third-order valence-electron chi connectivity index (χ3n) is 3.58. The van der Waals surface area contributed by atoms with Crippen LogP contribution in [0.1, 0.15) is 5.56 Å². The molecule has 0 spiro atoms. The van der Waals surface area contributed by atoms with Crippen LogP contribution >= 0.6 is 0 Å². The van der Waals surface area contributed by atoms with E-state index >= 15 is 0 Å². The van der Waals surface area contributed by atoms with Gasteiger partial charge in [0.05, 0.1) is 0 Å². The third kappa shape index (κ3) is 2.62. The zero-order valence-corrected chi connectivity index (χ0v) is 11.9. The van der Waals surface area contributed by atoms with Crippen molar-refractivity contribution in [2.45, 2.75) is 6.92 Å². The van der Waals surface area contributed by atoms with Crippen molar-refractivity contribution in [3.8, 4) is 22.3 Å². The van der Waals surface area contributed by atoms with Crippen LogP contribution in [0.25, 0.3) is 22.3 Å². The molecule has 110 valence electrons. The average Bonchev–Trinajstić information content (AvgIpc) is 2.50. The molecule has 0 aliphatic heterocycles. The van der Waals surface area contributed by atoms with E-state index in [-0.39, 0.29) is 11.4 Å². The summed E-state index contributed by atoms with van der Waals surface area (Å²) in [6.45, 7) is 1.82. The van der Waals surface area contributed by atoms with Gasteiger partial charge >= 0.3 is 0 Å². The van der Waals surface area contributed by atoms with Gasteiger partial charge < -0.3 is 0 Å². The molecule has 3 rings (SSSR count). The molecule has 0 radical (unpaired) electrons. The molecule has 3 heteroatoms. The van der Waals surface area contributed by atoms with Crippen molar-refractivity contribution in [3.05, 3.63) is 83.7 Å². The van der Waals surface area contributed by atoms with Gasteiger partial charge in [-0.3, -0.25) is 0 Å². The Morgan fingerprint density at radius 3 is 1.91 bits per heavy atom. The smallest absolute Gasteiger partial charge is 0.166 e. The molecule has 0 nitrogen and oxygen atoms in total. The molecular weight excluding hydrogens is 285 g/mol. The Bertz CT molecular complexity index is 821. The summed E-state index contributed by atoms with van der Waals surface area (Å²) in [6, 6.07) is 15.8. The van der Waals surface area contributed by atoms with Crippen LogP contribution in [0, 0.1) is 24.4 Å². The van der Waals surface area contributed by atoms with Crippen molar-refractivity contribution in [3.63, 3.8) is 0 Å². The largest absolute Gasteiger partial charge is 0.206 e. The molecule has 0 atom stereocenters. The van der Waals surface area contributed by atoms with E-state index in [4.69, 9.17) is 0 Å². The molecular formula is C19H13F3. The summed E-state index contributed by atoms with van der Waals surface area (Å²) in [7, 11) is 0. The van der Waals surface area contributed by atoms with Crippen LogP contribution in [0.15, 0.2) is 60.7 Å². The maximum Gasteiger partial charge on any atom is 0.166 e. The van der Waals surface area contributed by atoms with Gasteiger partial charge in [-0.05, 0) is 35.7 Å². The highest BCUT2D eigenvalue weighted by Gasteiger charge is 2.10. The number of hydrogen-bond acceptors (Lipinski definition) is 0. The SMILES string of the molecule is Cc1ccc(-c2ccc(-c3cccc(F)c3F)cc2)c(F)c1. The molecule has 0 aliphatic rings. The van der Waals surface area contributed by atoms with Crippen LogP contribution in [-0.4, -0.2) is 0 Å². The quantitative estimate of drug-likeness (QED) is 0.565. The van der Waals surface area contributed by atoms with Gasteiger partial charge in [0, 0.05) is 11.1 Å². The standard InChI is InChI=1S/C19H13F3/c1-12-5-10-15(18(21)11-12)13-6-8-14(9-7-13)16-3-2-4-17(20)19(16)22/h2-11H,1H3. The number of halogens is 3. The molecule has 3 aromatic rings. The lowest BCUT2D eigenvalue weighted by atomic mass is 9.99. The molecule has 0 fully saturated rings. The molecule has 0 unspecified atom stereocenters. The lowest BCUT2D eigenvalue weighted by Crippen LogP contribution is -1.90. The Kier molecular flexibility index (Phi) is 3.72. The van der Waals surface area contributed by atoms with Crippen molar-refractivity contribution >= 4 is 0 Å². The number of aryl methyl sites for hydroxylation is 1. The van der Waals surface area contributed by atoms with Crippen molar-refractivity contribution in [2.75, 3.05) is 0 Å². The highest BCUT2D eigenvalue weighted by molar-refractivity contribution is 5.71. The predicted octanol–water partition coefficient (Wildman–Crippen LogP) is 5.75. The maximum atomic E-state index is 14.0. The molecule has 0 aromatic heterocycles. The monoisotopic (exact) mass is 298 g/mol. The third-order valence-corrected chi connectivity index (χ3v) is 3.58. The second-order valence-electron chi connectivity index (χ2n) is 5.16. The molecule has 0 saturated carbocycles. The summed E-state index contributed by atoms with van der Waals surface area (Å²) < 4.78 is 41.0. The van der Waals surface area contributed by atoms with Crippen molar-refractivity contribution in [1.29, 1.82) is 0 Å². The highest BCUT2D eigenvalue weighted by atomic mass is 19.2. The van der Waals surface area contributed by atoms with E-state index in [2.05, 4.69) is 0 Å². The lowest BCUT2D eigenvalue weighted by molar-refractivity contribution is 0.511. The van der Waals surface area contributed by atoms with E-state index in [0.29, 0.717) is 16.7 Å². The molecule has 0 bridgehead atoms. The first-order chi connectivity index (χ1) is 10.6. The number of hydrogen-bond donors (Lipinski definition) is 0. The molecule has 3 aromatic carbocycles. The van der Waals surface area contributed by atoms with Crippen LogP contribution in [-0.2, 0) is 0 Å². The lowest BCUT2D eigenvalue weighted by Gasteiger charge is -2.08. The van der Waals surface area contributed by atoms with Gasteiger partial charge in [-0.15, -0.1) is 0 Å². The minimum absolute atomic E-state index is 0.191. The second-order valence-corrected chi connectivity index (χ2v) is 5.16. The summed E-state index contributed by atoms with van der Waals surface area (Å²) >= 11 is 0. The fourth-order valence-corrected chi connectivity index (χ4v) is 2.41. The average molecular weight is 298 g/mol. The van der Waals surface area contributed by atoms with Crippen molar-refractivity contribution < 1.29 is 13.2 Å². The topological polar surface area (TPSA) is 0 Å². The normalized spacial score (nSPS) is 10.7. The fraction of sp³-hybridized carbons (Fsp3) is 0.0526. The number of benzene rings is 3. The first-order valence-corrected chi connectivity index (χ1v) is 6.87. The summed E-state index contributed by atoms with van der Waals surface area (Å²) in [5.41, 5.74) is 2.76. The maximum absolute atomic E-state index is 14.0. The van der Waals surface area contributed by atoms with Gasteiger partial charge in [-0.25, -0.2) is 13.2 Å². The zero-order valence-electron chi connectivity index (χ0n) is 11.9. The van der Waals surface area contributed by atoms with Gasteiger partial charge in [0.1, 0.15) is 5.82 Å². The van der Waals surface area contributed by atoms with Crippen LogP contribution in [0.5, 0.6) is 0 Å². The fourth-order valence-electron chi connectivity index (χ4n) is 2.41. The molecule has 0 N–H and O–H groups in total. The molecule has 0 saturated heterocycles. The Labute approximate surface area is 126 Å². The Balaban J connectivity index is 2.01. The summed E-state index contributed by atoms with van der Waals surface area (Å²) in [5.74, 6) is -2.06. The highest BCUT2D eigenvalue weighted by Crippen LogP contribution is 2.29. The van der Waals surface area contributed by atoms with Crippen LogP contribution in [0.4, 0.5) is 13.2 Å². The minimum atomic E-state index is -0.883. The second kappa shape index (κ2) is 5.68. The van der Waals surface area contributed by atoms with Crippen LogP contribution < -0.4 is 0 Å². The van der Waals surface area contributed by atoms with Crippen LogP contribution in [0.2, 0.25) is 0 Å². The van der Waals surface area contributed by atoms with Gasteiger partial charge in [-0.2, -0.15) is 0 Å². The first-order valence-electron chi connectivity index (χ1n) is 6.87. The van der Waals surface area contributed by atoms with Crippen molar-refractivity contribution in [2.24, 2.45) is 0 Å². The van der Waals surface area contributed by atoms with E-state index < -0.39 is 11.6 Å². The van der Waals surface area contributed by atoms with Gasteiger partial charge in [0.15, 0.2) is 11.6 Å². The van der Waals surface area contributed by atoms with E-state index in [1.54, 1.807) is 30.3 Å². The molecule has 0 amide bonds. The predicted molar refractivity (Wildman–Crippen MR) is 81.9 cm³/mol.